The molecule has 0 bridgehead atoms. The van der Waals surface area contributed by atoms with Crippen molar-refractivity contribution in [1.82, 2.24) is 0 Å². The van der Waals surface area contributed by atoms with Crippen molar-refractivity contribution in [3.63, 3.8) is 0 Å². The summed E-state index contributed by atoms with van der Waals surface area (Å²) in [5.74, 6) is -0.643. The van der Waals surface area contributed by atoms with Crippen LogP contribution in [0.25, 0.3) is 0 Å². The normalized spacial score (nSPS) is 23.8. The Hall–Kier alpha value is -0.290. The predicted molar refractivity (Wildman–Crippen MR) is 42.0 cm³/mol. The highest BCUT2D eigenvalue weighted by atomic mass is 19.4. The Morgan fingerprint density at radius 3 is 2.08 bits per heavy atom. The molecule has 3 N–H and O–H groups in total. The van der Waals surface area contributed by atoms with Crippen LogP contribution in [0.5, 0.6) is 0 Å². The Bertz CT molecular complexity index is 179. The van der Waals surface area contributed by atoms with Crippen molar-refractivity contribution in [2.75, 3.05) is 6.54 Å². The second kappa shape index (κ2) is 3.46. The first kappa shape index (κ1) is 10.8. The molecular weight excluding hydrogens is 183 g/mol. The third kappa shape index (κ3) is 1.81. The van der Waals surface area contributed by atoms with Crippen LogP contribution >= 0.6 is 0 Å². The van der Waals surface area contributed by atoms with Crippen LogP contribution in [0.4, 0.5) is 13.2 Å². The van der Waals surface area contributed by atoms with Crippen molar-refractivity contribution in [3.05, 3.63) is 0 Å². The molecule has 0 heterocycles. The van der Waals surface area contributed by atoms with Gasteiger partial charge in [0, 0.05) is 0 Å². The Kier molecular flexibility index (Phi) is 2.87. The van der Waals surface area contributed by atoms with Gasteiger partial charge >= 0.3 is 6.18 Å². The van der Waals surface area contributed by atoms with Crippen molar-refractivity contribution in [2.45, 2.75) is 37.5 Å². The van der Waals surface area contributed by atoms with E-state index in [-0.39, 0.29) is 13.0 Å². The molecule has 0 aromatic rings. The molecule has 1 fully saturated rings. The highest BCUT2D eigenvalue weighted by Crippen LogP contribution is 2.46. The van der Waals surface area contributed by atoms with Gasteiger partial charge in [0.1, 0.15) is 0 Å². The molecular formula is C8H14F3NO. The average Bonchev–Trinajstić information content (AvgIpc) is 1.80. The maximum absolute atomic E-state index is 12.5. The van der Waals surface area contributed by atoms with Crippen LogP contribution in [0.2, 0.25) is 0 Å². The maximum atomic E-state index is 12.5. The van der Waals surface area contributed by atoms with Crippen LogP contribution in [0.1, 0.15) is 25.7 Å². The smallest absolute Gasteiger partial charge is 0.380 e. The second-order valence-electron chi connectivity index (χ2n) is 3.59. The number of hydrogen-bond donors (Lipinski definition) is 2. The lowest BCUT2D eigenvalue weighted by molar-refractivity contribution is -0.289. The Labute approximate surface area is 74.9 Å². The number of rotatable bonds is 3. The van der Waals surface area contributed by atoms with E-state index in [1.54, 1.807) is 0 Å². The number of hydrogen-bond acceptors (Lipinski definition) is 2. The van der Waals surface area contributed by atoms with E-state index < -0.39 is 17.7 Å². The van der Waals surface area contributed by atoms with Gasteiger partial charge in [0.25, 0.3) is 0 Å². The van der Waals surface area contributed by atoms with Gasteiger partial charge in [0.2, 0.25) is 0 Å². The van der Waals surface area contributed by atoms with E-state index in [1.807, 2.05) is 0 Å². The Morgan fingerprint density at radius 1 is 1.31 bits per heavy atom. The van der Waals surface area contributed by atoms with E-state index in [0.717, 1.165) is 6.42 Å². The highest BCUT2D eigenvalue weighted by Gasteiger charge is 2.58. The molecule has 0 saturated heterocycles. The van der Waals surface area contributed by atoms with Gasteiger partial charge in [-0.2, -0.15) is 13.2 Å². The van der Waals surface area contributed by atoms with Gasteiger partial charge in [-0.05, 0) is 31.7 Å². The zero-order valence-electron chi connectivity index (χ0n) is 7.27. The van der Waals surface area contributed by atoms with Crippen LogP contribution < -0.4 is 5.73 Å². The molecule has 1 rings (SSSR count). The second-order valence-corrected chi connectivity index (χ2v) is 3.59. The van der Waals surface area contributed by atoms with E-state index in [9.17, 15) is 18.3 Å². The molecule has 5 heteroatoms. The highest BCUT2D eigenvalue weighted by molar-refractivity contribution is 4.96. The molecule has 2 nitrogen and oxygen atoms in total. The molecule has 0 aliphatic heterocycles. The van der Waals surface area contributed by atoms with Gasteiger partial charge in [-0.15, -0.1) is 0 Å². The van der Waals surface area contributed by atoms with E-state index >= 15 is 0 Å². The minimum Gasteiger partial charge on any atom is -0.380 e. The first-order valence-electron chi connectivity index (χ1n) is 4.41. The number of alkyl halides is 3. The van der Waals surface area contributed by atoms with E-state index in [1.165, 1.54) is 0 Å². The molecule has 1 aliphatic carbocycles. The summed E-state index contributed by atoms with van der Waals surface area (Å²) in [5.41, 5.74) is 2.53. The Balaban J connectivity index is 2.73. The fourth-order valence-corrected chi connectivity index (χ4v) is 1.68. The molecule has 0 amide bonds. The summed E-state index contributed by atoms with van der Waals surface area (Å²) in [6.07, 6.45) is -3.25. The molecule has 1 atom stereocenters. The van der Waals surface area contributed by atoms with Gasteiger partial charge in [-0.3, -0.25) is 0 Å². The first-order chi connectivity index (χ1) is 5.92. The maximum Gasteiger partial charge on any atom is 0.417 e. The molecule has 1 unspecified atom stereocenters. The third-order valence-electron chi connectivity index (χ3n) is 2.80. The molecule has 13 heavy (non-hydrogen) atoms. The zero-order valence-corrected chi connectivity index (χ0v) is 7.27. The van der Waals surface area contributed by atoms with E-state index in [0.29, 0.717) is 12.8 Å². The summed E-state index contributed by atoms with van der Waals surface area (Å²) in [6, 6.07) is 0. The van der Waals surface area contributed by atoms with Gasteiger partial charge in [0.05, 0.1) is 0 Å². The van der Waals surface area contributed by atoms with Crippen molar-refractivity contribution in [1.29, 1.82) is 0 Å². The average molecular weight is 197 g/mol. The summed E-state index contributed by atoms with van der Waals surface area (Å²) >= 11 is 0. The van der Waals surface area contributed by atoms with Gasteiger partial charge in [-0.1, -0.05) is 6.42 Å². The lowest BCUT2D eigenvalue weighted by Crippen LogP contribution is -2.54. The van der Waals surface area contributed by atoms with Crippen molar-refractivity contribution < 1.29 is 18.3 Å². The topological polar surface area (TPSA) is 46.2 Å². The minimum atomic E-state index is -4.54. The molecule has 0 spiro atoms. The van der Waals surface area contributed by atoms with E-state index in [4.69, 9.17) is 5.73 Å². The summed E-state index contributed by atoms with van der Waals surface area (Å²) < 4.78 is 37.4. The predicted octanol–water partition coefficient (Wildman–Crippen LogP) is 1.43. The molecule has 0 aromatic heterocycles. The molecule has 0 aromatic carbocycles. The largest absolute Gasteiger partial charge is 0.417 e. The van der Waals surface area contributed by atoms with Crippen molar-refractivity contribution >= 4 is 0 Å². The monoisotopic (exact) mass is 197 g/mol. The molecule has 1 aliphatic rings. The third-order valence-corrected chi connectivity index (χ3v) is 2.80. The van der Waals surface area contributed by atoms with Crippen molar-refractivity contribution in [3.8, 4) is 0 Å². The molecule has 0 radical (unpaired) electrons. The minimum absolute atomic E-state index is 0.132. The van der Waals surface area contributed by atoms with Crippen LogP contribution in [0.15, 0.2) is 0 Å². The Morgan fingerprint density at radius 2 is 1.85 bits per heavy atom. The SMILES string of the molecule is NCCC(O)(C1CCC1)C(F)(F)F. The summed E-state index contributed by atoms with van der Waals surface area (Å²) in [5, 5.41) is 9.46. The van der Waals surface area contributed by atoms with Crippen LogP contribution in [0, 0.1) is 5.92 Å². The lowest BCUT2D eigenvalue weighted by Gasteiger charge is -2.42. The zero-order chi connectivity index (χ0) is 10.1. The summed E-state index contributed by atoms with van der Waals surface area (Å²) in [6.45, 7) is -0.132. The number of aliphatic hydroxyl groups is 1. The van der Waals surface area contributed by atoms with Crippen LogP contribution in [-0.2, 0) is 0 Å². The van der Waals surface area contributed by atoms with Gasteiger partial charge in [-0.25, -0.2) is 0 Å². The van der Waals surface area contributed by atoms with Gasteiger partial charge in [0.15, 0.2) is 5.60 Å². The number of nitrogens with two attached hydrogens (primary N) is 1. The molecule has 78 valence electrons. The fourth-order valence-electron chi connectivity index (χ4n) is 1.68. The summed E-state index contributed by atoms with van der Waals surface area (Å²) in [4.78, 5) is 0. The van der Waals surface area contributed by atoms with E-state index in [2.05, 4.69) is 0 Å². The van der Waals surface area contributed by atoms with Crippen LogP contribution in [-0.4, -0.2) is 23.4 Å². The fraction of sp³-hybridized carbons (Fsp3) is 1.00. The quantitative estimate of drug-likeness (QED) is 0.718. The lowest BCUT2D eigenvalue weighted by atomic mass is 9.71. The summed E-state index contributed by atoms with van der Waals surface area (Å²) in [7, 11) is 0. The van der Waals surface area contributed by atoms with Crippen LogP contribution in [0.3, 0.4) is 0 Å². The first-order valence-corrected chi connectivity index (χ1v) is 4.41. The van der Waals surface area contributed by atoms with Gasteiger partial charge < -0.3 is 10.8 Å². The van der Waals surface area contributed by atoms with Crippen molar-refractivity contribution in [2.24, 2.45) is 11.7 Å². The standard InChI is InChI=1S/C8H14F3NO/c9-8(10,11)7(13,4-5-12)6-2-1-3-6/h6,13H,1-5,12H2. The molecule has 1 saturated carbocycles. The number of halogens is 3.